The van der Waals surface area contributed by atoms with Crippen molar-refractivity contribution in [3.8, 4) is 0 Å². The predicted molar refractivity (Wildman–Crippen MR) is 93.2 cm³/mol. The highest BCUT2D eigenvalue weighted by molar-refractivity contribution is 9.10. The summed E-state index contributed by atoms with van der Waals surface area (Å²) in [6.07, 6.45) is 3.05. The number of pyridine rings is 1. The summed E-state index contributed by atoms with van der Waals surface area (Å²) in [5.41, 5.74) is -0.446. The standard InChI is InChI=1S/C16H23BrN2O2S/c1-16(2,3)21-15(20)19-10-5-4-7-12(19)11-22-14-9-6-8-13(17)18-14/h6,8-9,12H,4-5,7,10-11H2,1-3H3. The third-order valence-corrected chi connectivity index (χ3v) is 4.88. The SMILES string of the molecule is CC(C)(C)OC(=O)N1CCCCC1CSc1cccc(Br)n1. The predicted octanol–water partition coefficient (Wildman–Crippen LogP) is 4.73. The zero-order chi connectivity index (χ0) is 16.2. The molecule has 0 radical (unpaired) electrons. The lowest BCUT2D eigenvalue weighted by atomic mass is 10.0. The van der Waals surface area contributed by atoms with Gasteiger partial charge in [0, 0.05) is 18.3 Å². The molecule has 0 spiro atoms. The molecule has 1 aliphatic rings. The molecule has 1 aromatic rings. The van der Waals surface area contributed by atoms with E-state index in [0.717, 1.165) is 41.2 Å². The molecule has 1 unspecified atom stereocenters. The minimum atomic E-state index is -0.446. The van der Waals surface area contributed by atoms with Crippen LogP contribution in [0, 0.1) is 0 Å². The number of carbonyl (C=O) groups excluding carboxylic acids is 1. The highest BCUT2D eigenvalue weighted by atomic mass is 79.9. The van der Waals surface area contributed by atoms with Crippen molar-refractivity contribution in [1.29, 1.82) is 0 Å². The summed E-state index contributed by atoms with van der Waals surface area (Å²) in [5, 5.41) is 0.976. The first-order chi connectivity index (χ1) is 10.3. The van der Waals surface area contributed by atoms with Gasteiger partial charge in [-0.05, 0) is 68.1 Å². The molecule has 1 aromatic heterocycles. The van der Waals surface area contributed by atoms with Crippen LogP contribution in [0.1, 0.15) is 40.0 Å². The Hall–Kier alpha value is -0.750. The van der Waals surface area contributed by atoms with Gasteiger partial charge >= 0.3 is 6.09 Å². The molecule has 22 heavy (non-hydrogen) atoms. The van der Waals surface area contributed by atoms with E-state index in [9.17, 15) is 4.79 Å². The summed E-state index contributed by atoms with van der Waals surface area (Å²) < 4.78 is 6.37. The molecule has 4 nitrogen and oxygen atoms in total. The number of carbonyl (C=O) groups is 1. The Morgan fingerprint density at radius 2 is 2.23 bits per heavy atom. The number of nitrogens with zero attached hydrogens (tertiary/aromatic N) is 2. The Labute approximate surface area is 145 Å². The number of rotatable bonds is 3. The number of halogens is 1. The van der Waals surface area contributed by atoms with Gasteiger partial charge in [0.25, 0.3) is 0 Å². The van der Waals surface area contributed by atoms with Crippen molar-refractivity contribution in [2.45, 2.75) is 56.7 Å². The van der Waals surface area contributed by atoms with Crippen LogP contribution < -0.4 is 0 Å². The second kappa shape index (κ2) is 7.68. The zero-order valence-corrected chi connectivity index (χ0v) is 15.7. The van der Waals surface area contributed by atoms with E-state index in [0.29, 0.717) is 0 Å². The molecule has 0 aliphatic carbocycles. The summed E-state index contributed by atoms with van der Waals surface area (Å²) in [7, 11) is 0. The molecule has 0 N–H and O–H groups in total. The van der Waals surface area contributed by atoms with E-state index in [-0.39, 0.29) is 12.1 Å². The van der Waals surface area contributed by atoms with E-state index >= 15 is 0 Å². The average Bonchev–Trinajstić information content (AvgIpc) is 2.44. The molecule has 0 bridgehead atoms. The Bertz CT molecular complexity index is 519. The number of thioether (sulfide) groups is 1. The second-order valence-electron chi connectivity index (χ2n) is 6.43. The number of ether oxygens (including phenoxy) is 1. The van der Waals surface area contributed by atoms with E-state index < -0.39 is 5.60 Å². The van der Waals surface area contributed by atoms with Crippen molar-refractivity contribution in [3.05, 3.63) is 22.8 Å². The first-order valence-corrected chi connectivity index (χ1v) is 9.38. The first-order valence-electron chi connectivity index (χ1n) is 7.60. The molecule has 2 rings (SSSR count). The van der Waals surface area contributed by atoms with Crippen molar-refractivity contribution in [2.24, 2.45) is 0 Å². The third-order valence-electron chi connectivity index (χ3n) is 3.37. The van der Waals surface area contributed by atoms with Gasteiger partial charge < -0.3 is 9.64 Å². The van der Waals surface area contributed by atoms with E-state index in [2.05, 4.69) is 20.9 Å². The van der Waals surface area contributed by atoms with Gasteiger partial charge in [0.1, 0.15) is 10.2 Å². The van der Waals surface area contributed by atoms with Crippen LogP contribution in [0.25, 0.3) is 0 Å². The minimum Gasteiger partial charge on any atom is -0.444 e. The largest absolute Gasteiger partial charge is 0.444 e. The average molecular weight is 387 g/mol. The fourth-order valence-corrected chi connectivity index (χ4v) is 3.89. The van der Waals surface area contributed by atoms with Gasteiger partial charge in [0.05, 0.1) is 5.03 Å². The van der Waals surface area contributed by atoms with Crippen LogP contribution >= 0.6 is 27.7 Å². The van der Waals surface area contributed by atoms with Crippen molar-refractivity contribution >= 4 is 33.8 Å². The smallest absolute Gasteiger partial charge is 0.410 e. The third kappa shape index (κ3) is 5.47. The molecule has 0 aromatic carbocycles. The van der Waals surface area contributed by atoms with Crippen LogP contribution in [0.5, 0.6) is 0 Å². The van der Waals surface area contributed by atoms with Crippen molar-refractivity contribution in [3.63, 3.8) is 0 Å². The summed E-state index contributed by atoms with van der Waals surface area (Å²) in [6.45, 7) is 6.50. The molecule has 1 atom stereocenters. The lowest BCUT2D eigenvalue weighted by Crippen LogP contribution is -2.47. The van der Waals surface area contributed by atoms with Crippen LogP contribution in [0.4, 0.5) is 4.79 Å². The van der Waals surface area contributed by atoms with Crippen molar-refractivity contribution < 1.29 is 9.53 Å². The van der Waals surface area contributed by atoms with Crippen LogP contribution in [0.15, 0.2) is 27.8 Å². The van der Waals surface area contributed by atoms with Crippen LogP contribution in [-0.2, 0) is 4.74 Å². The number of hydrogen-bond donors (Lipinski definition) is 0. The number of piperidine rings is 1. The summed E-state index contributed by atoms with van der Waals surface area (Å²) in [5.74, 6) is 0.850. The van der Waals surface area contributed by atoms with Gasteiger partial charge in [-0.3, -0.25) is 0 Å². The monoisotopic (exact) mass is 386 g/mol. The molecule has 1 aliphatic heterocycles. The molecular weight excluding hydrogens is 364 g/mol. The number of amides is 1. The highest BCUT2D eigenvalue weighted by Gasteiger charge is 2.30. The lowest BCUT2D eigenvalue weighted by Gasteiger charge is -2.36. The lowest BCUT2D eigenvalue weighted by molar-refractivity contribution is 0.0126. The van der Waals surface area contributed by atoms with Crippen molar-refractivity contribution in [2.75, 3.05) is 12.3 Å². The molecule has 6 heteroatoms. The highest BCUT2D eigenvalue weighted by Crippen LogP contribution is 2.26. The second-order valence-corrected chi connectivity index (χ2v) is 8.29. The zero-order valence-electron chi connectivity index (χ0n) is 13.3. The van der Waals surface area contributed by atoms with Gasteiger partial charge in [0.2, 0.25) is 0 Å². The first kappa shape index (κ1) is 17.6. The quantitative estimate of drug-likeness (QED) is 0.556. The normalized spacial score (nSPS) is 19.1. The van der Waals surface area contributed by atoms with Crippen LogP contribution in [-0.4, -0.2) is 39.9 Å². The van der Waals surface area contributed by atoms with E-state index in [1.54, 1.807) is 11.8 Å². The van der Waals surface area contributed by atoms with Gasteiger partial charge in [-0.25, -0.2) is 9.78 Å². The Kier molecular flexibility index (Phi) is 6.15. The van der Waals surface area contributed by atoms with Crippen LogP contribution in [0.3, 0.4) is 0 Å². The van der Waals surface area contributed by atoms with Gasteiger partial charge in [0.15, 0.2) is 0 Å². The van der Waals surface area contributed by atoms with Crippen molar-refractivity contribution in [1.82, 2.24) is 9.88 Å². The Balaban J connectivity index is 1.96. The maximum atomic E-state index is 12.4. The van der Waals surface area contributed by atoms with Gasteiger partial charge in [-0.2, -0.15) is 0 Å². The maximum Gasteiger partial charge on any atom is 0.410 e. The fraction of sp³-hybridized carbons (Fsp3) is 0.625. The molecule has 1 fully saturated rings. The molecular formula is C16H23BrN2O2S. The minimum absolute atomic E-state index is 0.194. The van der Waals surface area contributed by atoms with E-state index in [4.69, 9.17) is 4.74 Å². The maximum absolute atomic E-state index is 12.4. The summed E-state index contributed by atoms with van der Waals surface area (Å²) in [4.78, 5) is 18.7. The molecule has 1 amide bonds. The van der Waals surface area contributed by atoms with Gasteiger partial charge in [-0.1, -0.05) is 6.07 Å². The molecule has 122 valence electrons. The van der Waals surface area contributed by atoms with Gasteiger partial charge in [-0.15, -0.1) is 11.8 Å². The number of aromatic nitrogens is 1. The molecule has 0 saturated carbocycles. The molecule has 1 saturated heterocycles. The van der Waals surface area contributed by atoms with E-state index in [1.807, 2.05) is 43.9 Å². The molecule has 2 heterocycles. The number of likely N-dealkylation sites (tertiary alicyclic amines) is 1. The summed E-state index contributed by atoms with van der Waals surface area (Å²) in [6, 6.07) is 6.11. The summed E-state index contributed by atoms with van der Waals surface area (Å²) >= 11 is 5.08. The Morgan fingerprint density at radius 1 is 1.45 bits per heavy atom. The number of hydrogen-bond acceptors (Lipinski definition) is 4. The fourth-order valence-electron chi connectivity index (χ4n) is 2.39. The van der Waals surface area contributed by atoms with Crippen LogP contribution in [0.2, 0.25) is 0 Å². The topological polar surface area (TPSA) is 42.4 Å². The Morgan fingerprint density at radius 3 is 2.91 bits per heavy atom. The van der Waals surface area contributed by atoms with E-state index in [1.165, 1.54) is 0 Å².